The van der Waals surface area contributed by atoms with Crippen LogP contribution in [0.5, 0.6) is 0 Å². The molecule has 1 aliphatic heterocycles. The fourth-order valence-corrected chi connectivity index (χ4v) is 3.08. The number of rotatable bonds is 6. The summed E-state index contributed by atoms with van der Waals surface area (Å²) in [5, 5.41) is 12.7. The van der Waals surface area contributed by atoms with Crippen molar-refractivity contribution in [1.82, 2.24) is 10.2 Å². The highest BCUT2D eigenvalue weighted by Gasteiger charge is 2.29. The lowest BCUT2D eigenvalue weighted by Crippen LogP contribution is -2.50. The van der Waals surface area contributed by atoms with Gasteiger partial charge in [-0.15, -0.1) is 0 Å². The van der Waals surface area contributed by atoms with E-state index in [0.29, 0.717) is 13.0 Å². The molecule has 2 N–H and O–H groups in total. The lowest BCUT2D eigenvalue weighted by atomic mass is 9.92. The van der Waals surface area contributed by atoms with Gasteiger partial charge in [0.15, 0.2) is 0 Å². The van der Waals surface area contributed by atoms with Crippen molar-refractivity contribution in [2.45, 2.75) is 45.3 Å². The molecule has 1 amide bonds. The van der Waals surface area contributed by atoms with Crippen molar-refractivity contribution < 1.29 is 14.3 Å². The number of benzene rings is 1. The molecule has 0 saturated carbocycles. The minimum Gasteiger partial charge on any atom is -0.393 e. The molecule has 1 heterocycles. The summed E-state index contributed by atoms with van der Waals surface area (Å²) >= 11 is 0. The van der Waals surface area contributed by atoms with Crippen molar-refractivity contribution in [1.29, 1.82) is 0 Å². The second kappa shape index (κ2) is 8.41. The molecule has 1 aromatic carbocycles. The van der Waals surface area contributed by atoms with Crippen molar-refractivity contribution in [3.8, 4) is 0 Å². The highest BCUT2D eigenvalue weighted by molar-refractivity contribution is 5.81. The van der Waals surface area contributed by atoms with Gasteiger partial charge in [0, 0.05) is 13.1 Å². The standard InChI is InChI=1S/C18H27FN2O2/c1-13(21-11-3-4-16(12-21)14(2)22)18(23)20-10-9-15-5-7-17(19)8-6-15/h5-8,13-14,16,22H,3-4,9-12H2,1-2H3,(H,20,23). The fourth-order valence-electron chi connectivity index (χ4n) is 3.08. The first kappa shape index (κ1) is 17.9. The fraction of sp³-hybridized carbons (Fsp3) is 0.611. The van der Waals surface area contributed by atoms with Gasteiger partial charge >= 0.3 is 0 Å². The van der Waals surface area contributed by atoms with Crippen LogP contribution in [0.3, 0.4) is 0 Å². The number of aliphatic hydroxyl groups excluding tert-OH is 1. The van der Waals surface area contributed by atoms with Gasteiger partial charge in [-0.2, -0.15) is 0 Å². The minimum absolute atomic E-state index is 0.0124. The second-order valence-electron chi connectivity index (χ2n) is 6.48. The van der Waals surface area contributed by atoms with Crippen LogP contribution in [0.1, 0.15) is 32.3 Å². The average Bonchev–Trinajstić information content (AvgIpc) is 2.56. The summed E-state index contributed by atoms with van der Waals surface area (Å²) < 4.78 is 12.8. The van der Waals surface area contributed by atoms with Crippen molar-refractivity contribution >= 4 is 5.91 Å². The van der Waals surface area contributed by atoms with E-state index in [1.165, 1.54) is 12.1 Å². The molecular weight excluding hydrogens is 295 g/mol. The molecule has 1 aromatic rings. The Bertz CT molecular complexity index is 504. The third-order valence-corrected chi connectivity index (χ3v) is 4.72. The van der Waals surface area contributed by atoms with Crippen LogP contribution in [0.25, 0.3) is 0 Å². The van der Waals surface area contributed by atoms with Crippen LogP contribution in [-0.2, 0) is 11.2 Å². The summed E-state index contributed by atoms with van der Waals surface area (Å²) in [6.45, 7) is 5.95. The number of amides is 1. The lowest BCUT2D eigenvalue weighted by Gasteiger charge is -2.37. The quantitative estimate of drug-likeness (QED) is 0.842. The van der Waals surface area contributed by atoms with Gasteiger partial charge in [-0.1, -0.05) is 12.1 Å². The molecule has 23 heavy (non-hydrogen) atoms. The third kappa shape index (κ3) is 5.29. The Labute approximate surface area is 137 Å². The van der Waals surface area contributed by atoms with Crippen LogP contribution < -0.4 is 5.32 Å². The predicted molar refractivity (Wildman–Crippen MR) is 88.6 cm³/mol. The number of carbonyl (C=O) groups is 1. The smallest absolute Gasteiger partial charge is 0.237 e. The number of hydrogen-bond donors (Lipinski definition) is 2. The van der Waals surface area contributed by atoms with Gasteiger partial charge < -0.3 is 10.4 Å². The van der Waals surface area contributed by atoms with Gasteiger partial charge in [0.05, 0.1) is 12.1 Å². The van der Waals surface area contributed by atoms with E-state index in [1.54, 1.807) is 12.1 Å². The molecule has 2 rings (SSSR count). The molecule has 1 aliphatic rings. The van der Waals surface area contributed by atoms with Gasteiger partial charge in [-0.25, -0.2) is 4.39 Å². The number of carbonyl (C=O) groups excluding carboxylic acids is 1. The van der Waals surface area contributed by atoms with Crippen LogP contribution in [0.2, 0.25) is 0 Å². The van der Waals surface area contributed by atoms with E-state index in [2.05, 4.69) is 10.2 Å². The lowest BCUT2D eigenvalue weighted by molar-refractivity contribution is -0.126. The van der Waals surface area contributed by atoms with Crippen LogP contribution >= 0.6 is 0 Å². The van der Waals surface area contributed by atoms with Crippen LogP contribution in [-0.4, -0.2) is 47.7 Å². The number of halogens is 1. The number of aliphatic hydroxyl groups is 1. The maximum atomic E-state index is 12.8. The average molecular weight is 322 g/mol. The van der Waals surface area contributed by atoms with Gasteiger partial charge in [0.2, 0.25) is 5.91 Å². The topological polar surface area (TPSA) is 52.6 Å². The number of nitrogens with zero attached hydrogens (tertiary/aromatic N) is 1. The predicted octanol–water partition coefficient (Wildman–Crippen LogP) is 1.97. The number of piperidine rings is 1. The SMILES string of the molecule is CC(O)C1CCCN(C(C)C(=O)NCCc2ccc(F)cc2)C1. The molecule has 4 nitrogen and oxygen atoms in total. The maximum Gasteiger partial charge on any atom is 0.237 e. The Balaban J connectivity index is 1.77. The van der Waals surface area contributed by atoms with Gasteiger partial charge in [0.25, 0.3) is 0 Å². The Morgan fingerprint density at radius 1 is 1.39 bits per heavy atom. The summed E-state index contributed by atoms with van der Waals surface area (Å²) in [6, 6.07) is 6.16. The molecule has 128 valence electrons. The Hall–Kier alpha value is -1.46. The third-order valence-electron chi connectivity index (χ3n) is 4.72. The minimum atomic E-state index is -0.327. The first-order valence-corrected chi connectivity index (χ1v) is 8.41. The first-order chi connectivity index (χ1) is 11.0. The molecule has 1 saturated heterocycles. The van der Waals surface area contributed by atoms with E-state index in [4.69, 9.17) is 0 Å². The van der Waals surface area contributed by atoms with Crippen molar-refractivity contribution in [2.24, 2.45) is 5.92 Å². The van der Waals surface area contributed by atoms with E-state index >= 15 is 0 Å². The molecule has 0 aliphatic carbocycles. The second-order valence-corrected chi connectivity index (χ2v) is 6.48. The van der Waals surface area contributed by atoms with Crippen LogP contribution in [0.4, 0.5) is 4.39 Å². The molecule has 0 aromatic heterocycles. The van der Waals surface area contributed by atoms with E-state index in [-0.39, 0.29) is 29.8 Å². The van der Waals surface area contributed by atoms with Crippen molar-refractivity contribution in [2.75, 3.05) is 19.6 Å². The van der Waals surface area contributed by atoms with Gasteiger partial charge in [0.1, 0.15) is 5.82 Å². The number of nitrogens with one attached hydrogen (secondary N) is 1. The molecular formula is C18H27FN2O2. The zero-order valence-corrected chi connectivity index (χ0v) is 14.0. The number of likely N-dealkylation sites (tertiary alicyclic amines) is 1. The summed E-state index contributed by atoms with van der Waals surface area (Å²) in [4.78, 5) is 14.4. The first-order valence-electron chi connectivity index (χ1n) is 8.41. The van der Waals surface area contributed by atoms with Crippen LogP contribution in [0, 0.1) is 11.7 Å². The molecule has 0 bridgehead atoms. The highest BCUT2D eigenvalue weighted by atomic mass is 19.1. The van der Waals surface area contributed by atoms with Crippen molar-refractivity contribution in [3.05, 3.63) is 35.6 Å². The van der Waals surface area contributed by atoms with Crippen molar-refractivity contribution in [3.63, 3.8) is 0 Å². The van der Waals surface area contributed by atoms with E-state index in [1.807, 2.05) is 13.8 Å². The normalized spacial score (nSPS) is 21.7. The van der Waals surface area contributed by atoms with E-state index in [9.17, 15) is 14.3 Å². The summed E-state index contributed by atoms with van der Waals surface area (Å²) in [5.41, 5.74) is 1.01. The highest BCUT2D eigenvalue weighted by Crippen LogP contribution is 2.21. The van der Waals surface area contributed by atoms with E-state index < -0.39 is 0 Å². The Morgan fingerprint density at radius 2 is 2.09 bits per heavy atom. The summed E-state index contributed by atoms with van der Waals surface area (Å²) in [5.74, 6) is 0.0146. The van der Waals surface area contributed by atoms with Gasteiger partial charge in [-0.3, -0.25) is 9.69 Å². The van der Waals surface area contributed by atoms with Crippen LogP contribution in [0.15, 0.2) is 24.3 Å². The van der Waals surface area contributed by atoms with Gasteiger partial charge in [-0.05, 0) is 63.3 Å². The Morgan fingerprint density at radius 3 is 2.74 bits per heavy atom. The number of hydrogen-bond acceptors (Lipinski definition) is 3. The summed E-state index contributed by atoms with van der Waals surface area (Å²) in [7, 11) is 0. The molecule has 1 fully saturated rings. The largest absolute Gasteiger partial charge is 0.393 e. The molecule has 3 atom stereocenters. The van der Waals surface area contributed by atoms with E-state index in [0.717, 1.165) is 31.5 Å². The summed E-state index contributed by atoms with van der Waals surface area (Å²) in [6.07, 6.45) is 2.40. The Kier molecular flexibility index (Phi) is 6.54. The maximum absolute atomic E-state index is 12.8. The molecule has 3 unspecified atom stereocenters. The zero-order valence-electron chi connectivity index (χ0n) is 14.0. The monoisotopic (exact) mass is 322 g/mol. The molecule has 5 heteroatoms. The molecule has 0 spiro atoms. The zero-order chi connectivity index (χ0) is 16.8. The molecule has 0 radical (unpaired) electrons.